The highest BCUT2D eigenvalue weighted by molar-refractivity contribution is 6.04. The van der Waals surface area contributed by atoms with Crippen molar-refractivity contribution < 1.29 is 24.5 Å². The minimum atomic E-state index is -1.16. The Morgan fingerprint density at radius 2 is 1.71 bits per heavy atom. The summed E-state index contributed by atoms with van der Waals surface area (Å²) in [5, 5.41) is 32.5. The SMILES string of the molecule is C[C@@H](OC(=O)c1cc(O)c2ccccc2c1O)C(=O)Nc1ccc(C#N)cc1. The molecule has 3 N–H and O–H groups in total. The average molecular weight is 376 g/mol. The van der Waals surface area contributed by atoms with Gasteiger partial charge in [-0.25, -0.2) is 4.79 Å². The number of amides is 1. The number of phenolic OH excluding ortho intramolecular Hbond substituents is 2. The number of rotatable bonds is 4. The molecule has 1 atom stereocenters. The monoisotopic (exact) mass is 376 g/mol. The van der Waals surface area contributed by atoms with E-state index in [0.29, 0.717) is 22.0 Å². The molecule has 0 aromatic heterocycles. The van der Waals surface area contributed by atoms with E-state index in [4.69, 9.17) is 10.00 Å². The lowest BCUT2D eigenvalue weighted by molar-refractivity contribution is -0.123. The zero-order chi connectivity index (χ0) is 20.3. The van der Waals surface area contributed by atoms with Gasteiger partial charge in [-0.15, -0.1) is 0 Å². The number of carbonyl (C=O) groups is 2. The summed E-state index contributed by atoms with van der Waals surface area (Å²) in [6.45, 7) is 1.38. The molecular weight excluding hydrogens is 360 g/mol. The van der Waals surface area contributed by atoms with E-state index >= 15 is 0 Å². The molecule has 0 aliphatic heterocycles. The van der Waals surface area contributed by atoms with Crippen LogP contribution < -0.4 is 5.32 Å². The maximum Gasteiger partial charge on any atom is 0.342 e. The topological polar surface area (TPSA) is 120 Å². The molecule has 28 heavy (non-hydrogen) atoms. The first kappa shape index (κ1) is 18.7. The molecule has 140 valence electrons. The van der Waals surface area contributed by atoms with Crippen molar-refractivity contribution in [3.8, 4) is 17.6 Å². The summed E-state index contributed by atoms with van der Waals surface area (Å²) >= 11 is 0. The molecule has 7 heteroatoms. The predicted octanol–water partition coefficient (Wildman–Crippen LogP) is 3.31. The van der Waals surface area contributed by atoms with E-state index in [1.54, 1.807) is 48.5 Å². The van der Waals surface area contributed by atoms with Gasteiger partial charge in [0.15, 0.2) is 6.10 Å². The highest BCUT2D eigenvalue weighted by Gasteiger charge is 2.23. The third-order valence-electron chi connectivity index (χ3n) is 4.15. The number of esters is 1. The van der Waals surface area contributed by atoms with Crippen molar-refractivity contribution in [3.63, 3.8) is 0 Å². The number of hydrogen-bond acceptors (Lipinski definition) is 6. The van der Waals surface area contributed by atoms with E-state index in [1.807, 2.05) is 6.07 Å². The molecule has 0 saturated heterocycles. The van der Waals surface area contributed by atoms with Crippen LogP contribution in [0.15, 0.2) is 54.6 Å². The van der Waals surface area contributed by atoms with Crippen LogP contribution in [0.25, 0.3) is 10.8 Å². The summed E-state index contributed by atoms with van der Waals surface area (Å²) in [4.78, 5) is 24.6. The molecule has 3 aromatic rings. The van der Waals surface area contributed by atoms with E-state index in [2.05, 4.69) is 5.32 Å². The number of phenols is 2. The van der Waals surface area contributed by atoms with Crippen LogP contribution >= 0.6 is 0 Å². The van der Waals surface area contributed by atoms with Crippen molar-refractivity contribution >= 4 is 28.3 Å². The number of nitrogens with zero attached hydrogens (tertiary/aromatic N) is 1. The fourth-order valence-corrected chi connectivity index (χ4v) is 2.65. The smallest absolute Gasteiger partial charge is 0.342 e. The van der Waals surface area contributed by atoms with Gasteiger partial charge in [0.05, 0.1) is 11.6 Å². The summed E-state index contributed by atoms with van der Waals surface area (Å²) in [6, 6.07) is 15.8. The second-order valence-electron chi connectivity index (χ2n) is 6.06. The van der Waals surface area contributed by atoms with Crippen LogP contribution in [0.4, 0.5) is 5.69 Å². The van der Waals surface area contributed by atoms with Gasteiger partial charge in [-0.3, -0.25) is 4.79 Å². The van der Waals surface area contributed by atoms with Gasteiger partial charge >= 0.3 is 5.97 Å². The lowest BCUT2D eigenvalue weighted by atomic mass is 10.0. The molecule has 0 bridgehead atoms. The van der Waals surface area contributed by atoms with Gasteiger partial charge in [-0.05, 0) is 37.3 Å². The van der Waals surface area contributed by atoms with E-state index in [9.17, 15) is 19.8 Å². The van der Waals surface area contributed by atoms with Crippen molar-refractivity contribution in [3.05, 3.63) is 65.7 Å². The molecule has 0 fully saturated rings. The maximum atomic E-state index is 12.4. The fraction of sp³-hybridized carbons (Fsp3) is 0.0952. The normalized spacial score (nSPS) is 11.4. The Morgan fingerprint density at radius 3 is 2.36 bits per heavy atom. The molecular formula is C21H16N2O5. The lowest BCUT2D eigenvalue weighted by Crippen LogP contribution is -2.30. The Balaban J connectivity index is 1.75. The molecule has 0 saturated carbocycles. The van der Waals surface area contributed by atoms with Gasteiger partial charge in [0.2, 0.25) is 0 Å². The number of carbonyl (C=O) groups excluding carboxylic acids is 2. The number of hydrogen-bond donors (Lipinski definition) is 3. The van der Waals surface area contributed by atoms with Crippen molar-refractivity contribution in [2.75, 3.05) is 5.32 Å². The number of nitrogens with one attached hydrogen (secondary N) is 1. The van der Waals surface area contributed by atoms with E-state index in [1.165, 1.54) is 6.92 Å². The van der Waals surface area contributed by atoms with E-state index in [-0.39, 0.29) is 17.1 Å². The predicted molar refractivity (Wildman–Crippen MR) is 102 cm³/mol. The Hall–Kier alpha value is -4.05. The number of fused-ring (bicyclic) bond motifs is 1. The summed E-state index contributed by atoms with van der Waals surface area (Å²) in [6.07, 6.45) is -1.16. The third-order valence-corrected chi connectivity index (χ3v) is 4.15. The molecule has 7 nitrogen and oxygen atoms in total. The largest absolute Gasteiger partial charge is 0.507 e. The van der Waals surface area contributed by atoms with Crippen LogP contribution in [0, 0.1) is 11.3 Å². The number of aromatic hydroxyl groups is 2. The Kier molecular flexibility index (Phi) is 5.14. The van der Waals surface area contributed by atoms with E-state index in [0.717, 1.165) is 6.07 Å². The third kappa shape index (κ3) is 3.71. The number of nitriles is 1. The molecule has 0 unspecified atom stereocenters. The average Bonchev–Trinajstić information content (AvgIpc) is 2.71. The van der Waals surface area contributed by atoms with Crippen molar-refractivity contribution in [1.82, 2.24) is 0 Å². The molecule has 0 aliphatic rings. The van der Waals surface area contributed by atoms with Crippen molar-refractivity contribution in [1.29, 1.82) is 5.26 Å². The molecule has 0 heterocycles. The first-order valence-corrected chi connectivity index (χ1v) is 8.36. The summed E-state index contributed by atoms with van der Waals surface area (Å²) < 4.78 is 5.13. The van der Waals surface area contributed by atoms with Crippen molar-refractivity contribution in [2.24, 2.45) is 0 Å². The summed E-state index contributed by atoms with van der Waals surface area (Å²) in [7, 11) is 0. The molecule has 0 radical (unpaired) electrons. The zero-order valence-electron chi connectivity index (χ0n) is 14.8. The van der Waals surface area contributed by atoms with Gasteiger partial charge in [-0.1, -0.05) is 24.3 Å². The zero-order valence-corrected chi connectivity index (χ0v) is 14.8. The van der Waals surface area contributed by atoms with Crippen LogP contribution in [-0.4, -0.2) is 28.2 Å². The first-order chi connectivity index (χ1) is 13.4. The Labute approximate surface area is 160 Å². The van der Waals surface area contributed by atoms with Gasteiger partial charge in [0.1, 0.15) is 17.1 Å². The summed E-state index contributed by atoms with van der Waals surface area (Å²) in [5.41, 5.74) is 0.649. The Bertz CT molecular complexity index is 1100. The minimum Gasteiger partial charge on any atom is -0.507 e. The first-order valence-electron chi connectivity index (χ1n) is 8.36. The molecule has 0 aliphatic carbocycles. The van der Waals surface area contributed by atoms with E-state index < -0.39 is 18.0 Å². The van der Waals surface area contributed by atoms with Crippen molar-refractivity contribution in [2.45, 2.75) is 13.0 Å². The fourth-order valence-electron chi connectivity index (χ4n) is 2.65. The minimum absolute atomic E-state index is 0.185. The standard InChI is InChI=1S/C21H16N2O5/c1-12(20(26)23-14-8-6-13(11-22)7-9-14)28-21(27)17-10-18(24)15-4-2-3-5-16(15)19(17)25/h2-10,12,24-25H,1H3,(H,23,26)/t12-/m1/s1. The van der Waals surface area contributed by atoms with Crippen LogP contribution in [0.5, 0.6) is 11.5 Å². The highest BCUT2D eigenvalue weighted by atomic mass is 16.5. The van der Waals surface area contributed by atoms with Crippen LogP contribution in [0.2, 0.25) is 0 Å². The number of anilines is 1. The second kappa shape index (κ2) is 7.68. The van der Waals surface area contributed by atoms with Gasteiger partial charge in [0, 0.05) is 16.5 Å². The van der Waals surface area contributed by atoms with Gasteiger partial charge in [0.25, 0.3) is 5.91 Å². The lowest BCUT2D eigenvalue weighted by Gasteiger charge is -2.15. The molecule has 3 rings (SSSR count). The number of benzene rings is 3. The molecule has 0 spiro atoms. The second-order valence-corrected chi connectivity index (χ2v) is 6.06. The molecule has 1 amide bonds. The van der Waals surface area contributed by atoms with Crippen LogP contribution in [0.1, 0.15) is 22.8 Å². The van der Waals surface area contributed by atoms with Gasteiger partial charge < -0.3 is 20.3 Å². The number of ether oxygens (including phenoxy) is 1. The quantitative estimate of drug-likeness (QED) is 0.475. The Morgan fingerprint density at radius 1 is 1.07 bits per heavy atom. The highest BCUT2D eigenvalue weighted by Crippen LogP contribution is 2.35. The van der Waals surface area contributed by atoms with Crippen LogP contribution in [0.3, 0.4) is 0 Å². The van der Waals surface area contributed by atoms with Gasteiger partial charge in [-0.2, -0.15) is 5.26 Å². The summed E-state index contributed by atoms with van der Waals surface area (Å²) in [5.74, 6) is -2.04. The maximum absolute atomic E-state index is 12.4. The molecule has 3 aromatic carbocycles. The van der Waals surface area contributed by atoms with Crippen LogP contribution in [-0.2, 0) is 9.53 Å².